The highest BCUT2D eigenvalue weighted by Crippen LogP contribution is 2.31. The highest BCUT2D eigenvalue weighted by molar-refractivity contribution is 5.76. The minimum Gasteiger partial charge on any atom is -0.469 e. The first-order valence-corrected chi connectivity index (χ1v) is 8.25. The lowest BCUT2D eigenvalue weighted by Crippen LogP contribution is -2.29. The number of nitrogens with zero attached hydrogens (tertiary/aromatic N) is 2. The van der Waals surface area contributed by atoms with Crippen LogP contribution in [0.1, 0.15) is 31.2 Å². The van der Waals surface area contributed by atoms with Gasteiger partial charge >= 0.3 is 11.7 Å². The second kappa shape index (κ2) is 6.22. The first kappa shape index (κ1) is 15.8. The van der Waals surface area contributed by atoms with E-state index in [1.165, 1.54) is 7.11 Å². The molecule has 0 unspecified atom stereocenters. The Morgan fingerprint density at radius 3 is 2.57 bits per heavy atom. The number of carbonyl (C=O) groups is 1. The van der Waals surface area contributed by atoms with Gasteiger partial charge in [0.25, 0.3) is 0 Å². The number of ether oxygens (including phenoxy) is 1. The SMILES string of the molecule is COC(=O)C1CCC(Cn2c(=O)n(C)c3ccc(C)cc32)CC1. The Hall–Kier alpha value is -2.04. The molecule has 1 aliphatic rings. The number of fused-ring (bicyclic) bond motifs is 1. The smallest absolute Gasteiger partial charge is 0.328 e. The summed E-state index contributed by atoms with van der Waals surface area (Å²) in [7, 11) is 3.27. The van der Waals surface area contributed by atoms with Crippen molar-refractivity contribution in [3.8, 4) is 0 Å². The van der Waals surface area contributed by atoms with E-state index in [4.69, 9.17) is 4.74 Å². The molecule has 0 radical (unpaired) electrons. The number of hydrogen-bond donors (Lipinski definition) is 0. The quantitative estimate of drug-likeness (QED) is 0.818. The van der Waals surface area contributed by atoms with E-state index >= 15 is 0 Å². The van der Waals surface area contributed by atoms with Gasteiger partial charge in [0, 0.05) is 13.6 Å². The van der Waals surface area contributed by atoms with Crippen LogP contribution in [0.2, 0.25) is 0 Å². The van der Waals surface area contributed by atoms with Crippen LogP contribution in [0, 0.1) is 18.8 Å². The monoisotopic (exact) mass is 316 g/mol. The Morgan fingerprint density at radius 2 is 1.91 bits per heavy atom. The summed E-state index contributed by atoms with van der Waals surface area (Å²) in [6.45, 7) is 2.77. The average Bonchev–Trinajstić information content (AvgIpc) is 2.79. The van der Waals surface area contributed by atoms with Crippen molar-refractivity contribution in [1.29, 1.82) is 0 Å². The van der Waals surface area contributed by atoms with Crippen molar-refractivity contribution >= 4 is 17.0 Å². The zero-order valence-electron chi connectivity index (χ0n) is 14.0. The van der Waals surface area contributed by atoms with Crippen molar-refractivity contribution in [2.45, 2.75) is 39.2 Å². The van der Waals surface area contributed by atoms with Crippen LogP contribution in [-0.2, 0) is 23.1 Å². The van der Waals surface area contributed by atoms with Crippen molar-refractivity contribution < 1.29 is 9.53 Å². The summed E-state index contributed by atoms with van der Waals surface area (Å²) in [5, 5.41) is 0. The Bertz CT molecular complexity index is 779. The summed E-state index contributed by atoms with van der Waals surface area (Å²) in [5.41, 5.74) is 3.18. The number of esters is 1. The van der Waals surface area contributed by atoms with Gasteiger partial charge in [0.1, 0.15) is 0 Å². The third-order valence-electron chi connectivity index (χ3n) is 5.12. The molecule has 1 aromatic heterocycles. The minimum absolute atomic E-state index is 0.0303. The molecule has 2 aromatic rings. The second-order valence-corrected chi connectivity index (χ2v) is 6.69. The maximum absolute atomic E-state index is 12.5. The van der Waals surface area contributed by atoms with E-state index < -0.39 is 0 Å². The fourth-order valence-corrected chi connectivity index (χ4v) is 3.70. The molecule has 1 heterocycles. The van der Waals surface area contributed by atoms with Gasteiger partial charge in [0.2, 0.25) is 0 Å². The molecule has 0 spiro atoms. The normalized spacial score (nSPS) is 21.5. The van der Waals surface area contributed by atoms with Crippen molar-refractivity contribution in [2.24, 2.45) is 18.9 Å². The summed E-state index contributed by atoms with van der Waals surface area (Å²) < 4.78 is 8.45. The number of carbonyl (C=O) groups excluding carboxylic acids is 1. The van der Waals surface area contributed by atoms with Gasteiger partial charge in [-0.1, -0.05) is 6.07 Å². The maximum atomic E-state index is 12.5. The summed E-state index contributed by atoms with van der Waals surface area (Å²) in [4.78, 5) is 24.2. The Balaban J connectivity index is 1.80. The molecular weight excluding hydrogens is 292 g/mol. The van der Waals surface area contributed by atoms with Gasteiger partial charge in [-0.25, -0.2) is 4.79 Å². The third kappa shape index (κ3) is 2.92. The predicted molar refractivity (Wildman–Crippen MR) is 89.4 cm³/mol. The molecule has 0 atom stereocenters. The van der Waals surface area contributed by atoms with Gasteiger partial charge in [-0.3, -0.25) is 13.9 Å². The highest BCUT2D eigenvalue weighted by atomic mass is 16.5. The number of aromatic nitrogens is 2. The molecule has 3 rings (SSSR count). The minimum atomic E-state index is -0.0959. The molecule has 23 heavy (non-hydrogen) atoms. The van der Waals surface area contributed by atoms with E-state index in [1.54, 1.807) is 4.57 Å². The molecule has 1 aromatic carbocycles. The molecule has 0 aliphatic heterocycles. The van der Waals surface area contributed by atoms with Crippen LogP contribution in [0.5, 0.6) is 0 Å². The largest absolute Gasteiger partial charge is 0.469 e. The van der Waals surface area contributed by atoms with E-state index in [9.17, 15) is 9.59 Å². The van der Waals surface area contributed by atoms with Crippen molar-refractivity contribution in [1.82, 2.24) is 9.13 Å². The molecule has 5 heteroatoms. The fourth-order valence-electron chi connectivity index (χ4n) is 3.70. The van der Waals surface area contributed by atoms with Crippen molar-refractivity contribution in [2.75, 3.05) is 7.11 Å². The van der Waals surface area contributed by atoms with Crippen molar-refractivity contribution in [3.63, 3.8) is 0 Å². The van der Waals surface area contributed by atoms with E-state index in [-0.39, 0.29) is 17.6 Å². The van der Waals surface area contributed by atoms with Gasteiger partial charge in [0.15, 0.2) is 0 Å². The van der Waals surface area contributed by atoms with E-state index in [0.717, 1.165) is 48.8 Å². The number of methoxy groups -OCH3 is 1. The molecule has 1 aliphatic carbocycles. The number of aryl methyl sites for hydroxylation is 2. The summed E-state index contributed by atoms with van der Waals surface area (Å²) in [6.07, 6.45) is 3.65. The number of imidazole rings is 1. The van der Waals surface area contributed by atoms with Gasteiger partial charge in [-0.15, -0.1) is 0 Å². The number of hydrogen-bond acceptors (Lipinski definition) is 3. The fraction of sp³-hybridized carbons (Fsp3) is 0.556. The molecule has 1 fully saturated rings. The molecule has 5 nitrogen and oxygen atoms in total. The van der Waals surface area contributed by atoms with Crippen LogP contribution in [0.25, 0.3) is 11.0 Å². The zero-order chi connectivity index (χ0) is 16.6. The number of benzene rings is 1. The standard InChI is InChI=1S/C18H24N2O3/c1-12-4-9-15-16(10-12)20(18(22)19(15)2)11-13-5-7-14(8-6-13)17(21)23-3/h4,9-10,13-14H,5-8,11H2,1-3H3. The van der Waals surface area contributed by atoms with Crippen LogP contribution in [-0.4, -0.2) is 22.2 Å². The van der Waals surface area contributed by atoms with Crippen LogP contribution in [0.15, 0.2) is 23.0 Å². The lowest BCUT2D eigenvalue weighted by molar-refractivity contribution is -0.146. The molecule has 0 saturated heterocycles. The third-order valence-corrected chi connectivity index (χ3v) is 5.12. The molecule has 0 N–H and O–H groups in total. The molecule has 0 bridgehead atoms. The molecule has 1 saturated carbocycles. The van der Waals surface area contributed by atoms with E-state index in [1.807, 2.05) is 30.7 Å². The Morgan fingerprint density at radius 1 is 1.22 bits per heavy atom. The van der Waals surface area contributed by atoms with Gasteiger partial charge in [-0.2, -0.15) is 0 Å². The summed E-state index contributed by atoms with van der Waals surface area (Å²) >= 11 is 0. The van der Waals surface area contributed by atoms with Crippen molar-refractivity contribution in [3.05, 3.63) is 34.2 Å². The first-order chi connectivity index (χ1) is 11.0. The van der Waals surface area contributed by atoms with Crippen LogP contribution >= 0.6 is 0 Å². The summed E-state index contributed by atoms with van der Waals surface area (Å²) in [6, 6.07) is 6.13. The van der Waals surface area contributed by atoms with Crippen LogP contribution in [0.4, 0.5) is 0 Å². The topological polar surface area (TPSA) is 53.2 Å². The molecule has 124 valence electrons. The zero-order valence-corrected chi connectivity index (χ0v) is 14.0. The second-order valence-electron chi connectivity index (χ2n) is 6.69. The Labute approximate surface area is 135 Å². The maximum Gasteiger partial charge on any atom is 0.328 e. The lowest BCUT2D eigenvalue weighted by Gasteiger charge is -2.27. The van der Waals surface area contributed by atoms with Crippen LogP contribution < -0.4 is 5.69 Å². The highest BCUT2D eigenvalue weighted by Gasteiger charge is 2.27. The summed E-state index contributed by atoms with van der Waals surface area (Å²) in [5.74, 6) is 0.379. The first-order valence-electron chi connectivity index (χ1n) is 8.25. The average molecular weight is 316 g/mol. The van der Waals surface area contributed by atoms with Gasteiger partial charge < -0.3 is 4.74 Å². The predicted octanol–water partition coefficient (Wildman–Crippen LogP) is 2.63. The van der Waals surface area contributed by atoms with Gasteiger partial charge in [0.05, 0.1) is 24.1 Å². The lowest BCUT2D eigenvalue weighted by atomic mass is 9.82. The molecule has 0 amide bonds. The number of rotatable bonds is 3. The van der Waals surface area contributed by atoms with Crippen LogP contribution in [0.3, 0.4) is 0 Å². The van der Waals surface area contributed by atoms with E-state index in [2.05, 4.69) is 6.07 Å². The molecular formula is C18H24N2O3. The van der Waals surface area contributed by atoms with Gasteiger partial charge in [-0.05, 0) is 56.2 Å². The Kier molecular flexibility index (Phi) is 4.28. The van der Waals surface area contributed by atoms with E-state index in [0.29, 0.717) is 5.92 Å².